The van der Waals surface area contributed by atoms with Gasteiger partial charge in [0.05, 0.1) is 11.9 Å². The quantitative estimate of drug-likeness (QED) is 0.603. The van der Waals surface area contributed by atoms with E-state index in [1.165, 1.54) is 11.8 Å². The number of aromatic nitrogens is 2. The highest BCUT2D eigenvalue weighted by Crippen LogP contribution is 2.11. The van der Waals surface area contributed by atoms with Crippen molar-refractivity contribution in [2.75, 3.05) is 39.3 Å². The van der Waals surface area contributed by atoms with E-state index in [2.05, 4.69) is 53.0 Å². The van der Waals surface area contributed by atoms with E-state index in [0.29, 0.717) is 31.1 Å². The summed E-state index contributed by atoms with van der Waals surface area (Å²) in [5, 5.41) is 0. The zero-order valence-corrected chi connectivity index (χ0v) is 19.5. The van der Waals surface area contributed by atoms with Gasteiger partial charge in [-0.1, -0.05) is 44.2 Å². The molecule has 0 spiro atoms. The molecule has 2 heterocycles. The van der Waals surface area contributed by atoms with E-state index < -0.39 is 0 Å². The molecule has 0 saturated carbocycles. The number of carbonyl (C=O) groups is 2. The smallest absolute Gasteiger partial charge is 0.274 e. The van der Waals surface area contributed by atoms with Gasteiger partial charge in [0.25, 0.3) is 5.91 Å². The molecule has 3 rings (SSSR count). The summed E-state index contributed by atoms with van der Waals surface area (Å²) in [5.41, 5.74) is 2.41. The van der Waals surface area contributed by atoms with Gasteiger partial charge in [0.15, 0.2) is 0 Å². The molecule has 1 fully saturated rings. The van der Waals surface area contributed by atoms with Gasteiger partial charge < -0.3 is 9.80 Å². The number of carbonyl (C=O) groups excluding carboxylic acids is 2. The fraction of sp³-hybridized carbons (Fsp3) is 0.520. The van der Waals surface area contributed by atoms with Crippen LogP contribution in [0.3, 0.4) is 0 Å². The Bertz CT molecular complexity index is 862. The molecule has 0 unspecified atom stereocenters. The first-order valence-corrected chi connectivity index (χ1v) is 11.5. The Kier molecular flexibility index (Phi) is 8.73. The topological polar surface area (TPSA) is 69.6 Å². The van der Waals surface area contributed by atoms with Crippen molar-refractivity contribution in [1.82, 2.24) is 24.7 Å². The fourth-order valence-corrected chi connectivity index (χ4v) is 3.78. The number of rotatable bonds is 9. The van der Waals surface area contributed by atoms with Crippen molar-refractivity contribution in [2.45, 2.75) is 40.2 Å². The second-order valence-corrected chi connectivity index (χ2v) is 8.91. The molecule has 0 radical (unpaired) electrons. The van der Waals surface area contributed by atoms with E-state index >= 15 is 0 Å². The maximum atomic E-state index is 13.0. The van der Waals surface area contributed by atoms with E-state index in [0.717, 1.165) is 44.8 Å². The van der Waals surface area contributed by atoms with Crippen molar-refractivity contribution in [3.63, 3.8) is 0 Å². The lowest BCUT2D eigenvalue weighted by molar-refractivity contribution is -0.133. The van der Waals surface area contributed by atoms with Crippen molar-refractivity contribution in [3.8, 4) is 0 Å². The standard InChI is InChI=1S/C25H35N5O2/c1-20(2)9-11-30(25(32)23-18-26-21(3)17-27-23)12-10-24(31)29-15-13-28(14-16-29)19-22-7-5-4-6-8-22/h4-8,17-18,20H,9-16,19H2,1-3H3. The highest BCUT2D eigenvalue weighted by atomic mass is 16.2. The van der Waals surface area contributed by atoms with Crippen LogP contribution in [0.15, 0.2) is 42.7 Å². The lowest BCUT2D eigenvalue weighted by Gasteiger charge is -2.35. The van der Waals surface area contributed by atoms with E-state index in [9.17, 15) is 9.59 Å². The lowest BCUT2D eigenvalue weighted by atomic mass is 10.1. The Balaban J connectivity index is 1.50. The van der Waals surface area contributed by atoms with Crippen molar-refractivity contribution in [3.05, 3.63) is 59.7 Å². The van der Waals surface area contributed by atoms with Crippen molar-refractivity contribution >= 4 is 11.8 Å². The highest BCUT2D eigenvalue weighted by molar-refractivity contribution is 5.92. The van der Waals surface area contributed by atoms with Gasteiger partial charge in [0.1, 0.15) is 5.69 Å². The predicted octanol–water partition coefficient (Wildman–Crippen LogP) is 3.01. The molecule has 0 aliphatic carbocycles. The van der Waals surface area contributed by atoms with Gasteiger partial charge in [-0.15, -0.1) is 0 Å². The largest absolute Gasteiger partial charge is 0.340 e. The minimum Gasteiger partial charge on any atom is -0.340 e. The summed E-state index contributed by atoms with van der Waals surface area (Å²) in [6.45, 7) is 11.3. The third-order valence-electron chi connectivity index (χ3n) is 5.83. The summed E-state index contributed by atoms with van der Waals surface area (Å²) in [5.74, 6) is 0.433. The maximum Gasteiger partial charge on any atom is 0.274 e. The van der Waals surface area contributed by atoms with Gasteiger partial charge in [-0.05, 0) is 24.8 Å². The van der Waals surface area contributed by atoms with Crippen LogP contribution < -0.4 is 0 Å². The molecule has 1 aliphatic rings. The van der Waals surface area contributed by atoms with Crippen LogP contribution in [0.5, 0.6) is 0 Å². The van der Waals surface area contributed by atoms with E-state index in [1.807, 2.05) is 17.9 Å². The van der Waals surface area contributed by atoms with E-state index in [1.54, 1.807) is 11.1 Å². The SMILES string of the molecule is Cc1cnc(C(=O)N(CCC(=O)N2CCN(Cc3ccccc3)CC2)CCC(C)C)cn1. The van der Waals surface area contributed by atoms with Gasteiger partial charge in [0, 0.05) is 58.4 Å². The molecule has 1 aromatic heterocycles. The monoisotopic (exact) mass is 437 g/mol. The van der Waals surface area contributed by atoms with Gasteiger partial charge in [-0.3, -0.25) is 19.5 Å². The Morgan fingerprint density at radius 1 is 1.00 bits per heavy atom. The second kappa shape index (κ2) is 11.7. The molecular weight excluding hydrogens is 402 g/mol. The number of benzene rings is 1. The number of aryl methyl sites for hydroxylation is 1. The molecule has 7 heteroatoms. The van der Waals surface area contributed by atoms with Crippen LogP contribution >= 0.6 is 0 Å². The number of amides is 2. The molecular formula is C25H35N5O2. The fourth-order valence-electron chi connectivity index (χ4n) is 3.78. The van der Waals surface area contributed by atoms with Crippen molar-refractivity contribution in [2.24, 2.45) is 5.92 Å². The van der Waals surface area contributed by atoms with Crippen molar-refractivity contribution in [1.29, 1.82) is 0 Å². The minimum absolute atomic E-state index is 0.113. The number of nitrogens with zero attached hydrogens (tertiary/aromatic N) is 5. The van der Waals surface area contributed by atoms with Crippen LogP contribution in [-0.4, -0.2) is 75.8 Å². The Morgan fingerprint density at radius 2 is 1.72 bits per heavy atom. The highest BCUT2D eigenvalue weighted by Gasteiger charge is 2.23. The molecule has 172 valence electrons. The number of hydrogen-bond acceptors (Lipinski definition) is 5. The third-order valence-corrected chi connectivity index (χ3v) is 5.83. The van der Waals surface area contributed by atoms with Crippen LogP contribution in [0, 0.1) is 12.8 Å². The lowest BCUT2D eigenvalue weighted by Crippen LogP contribution is -2.49. The zero-order valence-electron chi connectivity index (χ0n) is 19.5. The van der Waals surface area contributed by atoms with Crippen LogP contribution in [0.4, 0.5) is 0 Å². The molecule has 2 aromatic rings. The summed E-state index contributed by atoms with van der Waals surface area (Å²) >= 11 is 0. The Hall–Kier alpha value is -2.80. The summed E-state index contributed by atoms with van der Waals surface area (Å²) in [7, 11) is 0. The average Bonchev–Trinajstić information content (AvgIpc) is 2.80. The molecule has 1 saturated heterocycles. The summed E-state index contributed by atoms with van der Waals surface area (Å²) < 4.78 is 0. The summed E-state index contributed by atoms with van der Waals surface area (Å²) in [4.78, 5) is 40.3. The first-order valence-electron chi connectivity index (χ1n) is 11.5. The summed E-state index contributed by atoms with van der Waals surface area (Å²) in [6.07, 6.45) is 4.35. The normalized spacial score (nSPS) is 14.6. The molecule has 0 bridgehead atoms. The van der Waals surface area contributed by atoms with Crippen LogP contribution in [0.2, 0.25) is 0 Å². The van der Waals surface area contributed by atoms with E-state index in [4.69, 9.17) is 0 Å². The molecule has 2 amide bonds. The number of hydrogen-bond donors (Lipinski definition) is 0. The predicted molar refractivity (Wildman–Crippen MR) is 125 cm³/mol. The molecule has 1 aromatic carbocycles. The Labute approximate surface area is 191 Å². The maximum absolute atomic E-state index is 13.0. The van der Waals surface area contributed by atoms with Crippen LogP contribution in [-0.2, 0) is 11.3 Å². The van der Waals surface area contributed by atoms with Crippen LogP contribution in [0.1, 0.15) is 48.4 Å². The first-order chi connectivity index (χ1) is 15.4. The number of piperazine rings is 1. The van der Waals surface area contributed by atoms with Gasteiger partial charge in [0.2, 0.25) is 5.91 Å². The molecule has 1 aliphatic heterocycles. The van der Waals surface area contributed by atoms with Gasteiger partial charge >= 0.3 is 0 Å². The van der Waals surface area contributed by atoms with Gasteiger partial charge in [-0.25, -0.2) is 4.98 Å². The van der Waals surface area contributed by atoms with Crippen molar-refractivity contribution < 1.29 is 9.59 Å². The molecule has 0 atom stereocenters. The molecule has 7 nitrogen and oxygen atoms in total. The molecule has 32 heavy (non-hydrogen) atoms. The van der Waals surface area contributed by atoms with E-state index in [-0.39, 0.29) is 11.8 Å². The minimum atomic E-state index is -0.154. The zero-order chi connectivity index (χ0) is 22.9. The summed E-state index contributed by atoms with van der Waals surface area (Å²) in [6, 6.07) is 10.4. The second-order valence-electron chi connectivity index (χ2n) is 8.91. The van der Waals surface area contributed by atoms with Gasteiger partial charge in [-0.2, -0.15) is 0 Å². The average molecular weight is 438 g/mol. The Morgan fingerprint density at radius 3 is 2.34 bits per heavy atom. The van der Waals surface area contributed by atoms with Crippen LogP contribution in [0.25, 0.3) is 0 Å². The molecule has 0 N–H and O–H groups in total. The first kappa shape index (κ1) is 23.9. The third kappa shape index (κ3) is 7.12.